The zero-order chi connectivity index (χ0) is 25.5. The van der Waals surface area contributed by atoms with E-state index < -0.39 is 5.60 Å². The van der Waals surface area contributed by atoms with E-state index in [1.165, 1.54) is 30.6 Å². The molecule has 0 atom stereocenters. The molecule has 0 radical (unpaired) electrons. The Morgan fingerprint density at radius 2 is 1.15 bits per heavy atom. The van der Waals surface area contributed by atoms with Crippen LogP contribution in [0.15, 0.2) is 0 Å². The topological polar surface area (TPSA) is 92.8 Å². The lowest BCUT2D eigenvalue weighted by molar-refractivity contribution is -0.145. The summed E-state index contributed by atoms with van der Waals surface area (Å²) in [6.45, 7) is 12.0. The van der Waals surface area contributed by atoms with Crippen LogP contribution in [0.4, 0.5) is 4.79 Å². The summed E-state index contributed by atoms with van der Waals surface area (Å²) in [6, 6.07) is 0. The predicted octanol–water partition coefficient (Wildman–Crippen LogP) is 4.21. The maximum Gasteiger partial charge on any atom is 0.410 e. The number of likely N-dealkylation sites (N-methyl/N-ethyl adjacent to an activating group) is 1. The second-order valence-corrected chi connectivity index (χ2v) is 9.09. The zero-order valence-corrected chi connectivity index (χ0v) is 22.2. The van der Waals surface area contributed by atoms with Crippen LogP contribution in [-0.4, -0.2) is 95.6 Å². The van der Waals surface area contributed by atoms with Crippen molar-refractivity contribution in [3.8, 4) is 0 Å². The number of carbonyl (C=O) groups is 2. The Bertz CT molecular complexity index is 496. The van der Waals surface area contributed by atoms with Crippen LogP contribution in [0, 0.1) is 0 Å². The van der Waals surface area contributed by atoms with Crippen molar-refractivity contribution in [1.29, 1.82) is 0 Å². The van der Waals surface area contributed by atoms with E-state index in [0.29, 0.717) is 65.8 Å². The normalized spacial score (nSPS) is 11.4. The van der Waals surface area contributed by atoms with Crippen LogP contribution in [-0.2, 0) is 33.2 Å². The Hall–Kier alpha value is -1.42. The molecule has 0 bridgehead atoms. The molecule has 0 aliphatic heterocycles. The van der Waals surface area contributed by atoms with Crippen molar-refractivity contribution in [2.45, 2.75) is 78.2 Å². The highest BCUT2D eigenvalue weighted by atomic mass is 16.6. The Kier molecular flexibility index (Phi) is 21.1. The molecule has 0 aromatic carbocycles. The second-order valence-electron chi connectivity index (χ2n) is 9.09. The molecule has 0 N–H and O–H groups in total. The van der Waals surface area contributed by atoms with Crippen LogP contribution >= 0.6 is 0 Å². The molecule has 0 rings (SSSR count). The van der Waals surface area contributed by atoms with Crippen LogP contribution in [0.5, 0.6) is 0 Å². The number of esters is 1. The first-order valence-electron chi connectivity index (χ1n) is 12.7. The molecule has 0 aliphatic rings. The summed E-state index contributed by atoms with van der Waals surface area (Å²) < 4.78 is 32.1. The zero-order valence-electron chi connectivity index (χ0n) is 22.2. The van der Waals surface area contributed by atoms with Gasteiger partial charge in [-0.25, -0.2) is 4.79 Å². The number of nitrogens with zero attached hydrogens (tertiary/aromatic N) is 1. The third kappa shape index (κ3) is 23.7. The number of unbranched alkanes of at least 4 members (excludes halogenated alkanes) is 5. The van der Waals surface area contributed by atoms with Crippen molar-refractivity contribution >= 4 is 12.1 Å². The van der Waals surface area contributed by atoms with Gasteiger partial charge in [-0.1, -0.05) is 39.0 Å². The third-order valence-electron chi connectivity index (χ3n) is 4.62. The van der Waals surface area contributed by atoms with Crippen LogP contribution in [0.25, 0.3) is 0 Å². The van der Waals surface area contributed by atoms with Crippen molar-refractivity contribution in [2.24, 2.45) is 0 Å². The quantitative estimate of drug-likeness (QED) is 0.164. The van der Waals surface area contributed by atoms with Crippen LogP contribution in [0.3, 0.4) is 0 Å². The molecule has 0 spiro atoms. The van der Waals surface area contributed by atoms with Crippen molar-refractivity contribution in [3.05, 3.63) is 0 Å². The van der Waals surface area contributed by atoms with Gasteiger partial charge in [0.25, 0.3) is 0 Å². The lowest BCUT2D eigenvalue weighted by atomic mass is 10.1. The van der Waals surface area contributed by atoms with Crippen LogP contribution in [0.2, 0.25) is 0 Å². The minimum Gasteiger partial charge on any atom is -0.463 e. The Morgan fingerprint density at radius 3 is 1.68 bits per heavy atom. The third-order valence-corrected chi connectivity index (χ3v) is 4.62. The first-order valence-corrected chi connectivity index (χ1v) is 12.7. The number of carbonyl (C=O) groups excluding carboxylic acids is 2. The molecule has 0 aliphatic carbocycles. The highest BCUT2D eigenvalue weighted by Gasteiger charge is 2.19. The molecule has 0 saturated heterocycles. The van der Waals surface area contributed by atoms with E-state index >= 15 is 0 Å². The Balaban J connectivity index is 3.29. The molecule has 9 nitrogen and oxygen atoms in total. The average molecular weight is 492 g/mol. The summed E-state index contributed by atoms with van der Waals surface area (Å²) in [7, 11) is 1.68. The van der Waals surface area contributed by atoms with E-state index in [4.69, 9.17) is 28.4 Å². The van der Waals surface area contributed by atoms with Crippen molar-refractivity contribution in [1.82, 2.24) is 4.90 Å². The van der Waals surface area contributed by atoms with Gasteiger partial charge in [0.15, 0.2) is 0 Å². The highest BCUT2D eigenvalue weighted by Crippen LogP contribution is 2.09. The van der Waals surface area contributed by atoms with E-state index in [2.05, 4.69) is 6.92 Å². The SMILES string of the molecule is CCCCCCCCC(=O)OCCOCCOCCOCCOCCN(C)C(=O)OC(C)(C)C. The first-order chi connectivity index (χ1) is 16.3. The lowest BCUT2D eigenvalue weighted by Crippen LogP contribution is -2.36. The molecule has 0 aromatic rings. The maximum absolute atomic E-state index is 11.8. The fourth-order valence-corrected chi connectivity index (χ4v) is 2.73. The van der Waals surface area contributed by atoms with Gasteiger partial charge in [-0.2, -0.15) is 0 Å². The van der Waals surface area contributed by atoms with Gasteiger partial charge in [0.1, 0.15) is 12.2 Å². The number of hydrogen-bond acceptors (Lipinski definition) is 8. The monoisotopic (exact) mass is 491 g/mol. The first kappa shape index (κ1) is 32.6. The van der Waals surface area contributed by atoms with Gasteiger partial charge < -0.3 is 33.3 Å². The fraction of sp³-hybridized carbons (Fsp3) is 0.920. The molecule has 0 saturated carbocycles. The molecule has 0 aromatic heterocycles. The number of ether oxygens (including phenoxy) is 6. The minimum atomic E-state index is -0.504. The molecule has 202 valence electrons. The molecule has 0 heterocycles. The van der Waals surface area contributed by atoms with Gasteiger partial charge in [0.05, 0.1) is 52.9 Å². The summed E-state index contributed by atoms with van der Waals surface area (Å²) in [5.74, 6) is -0.147. The number of amides is 1. The molecule has 9 heteroatoms. The molecule has 0 unspecified atom stereocenters. The summed E-state index contributed by atoms with van der Waals surface area (Å²) >= 11 is 0. The van der Waals surface area contributed by atoms with Crippen molar-refractivity contribution < 1.29 is 38.0 Å². The number of rotatable bonds is 22. The molecule has 34 heavy (non-hydrogen) atoms. The summed E-state index contributed by atoms with van der Waals surface area (Å²) in [5, 5.41) is 0. The lowest BCUT2D eigenvalue weighted by Gasteiger charge is -2.24. The van der Waals surface area contributed by atoms with Gasteiger partial charge in [-0.3, -0.25) is 4.79 Å². The molecular formula is C25H49NO8. The van der Waals surface area contributed by atoms with E-state index in [1.54, 1.807) is 7.05 Å². The minimum absolute atomic E-state index is 0.147. The average Bonchev–Trinajstić information content (AvgIpc) is 2.77. The summed E-state index contributed by atoms with van der Waals surface area (Å²) in [4.78, 5) is 24.9. The Labute approximate surface area is 206 Å². The fourth-order valence-electron chi connectivity index (χ4n) is 2.73. The van der Waals surface area contributed by atoms with Gasteiger partial charge in [0, 0.05) is 20.0 Å². The van der Waals surface area contributed by atoms with E-state index in [-0.39, 0.29) is 18.7 Å². The van der Waals surface area contributed by atoms with E-state index in [9.17, 15) is 9.59 Å². The second kappa shape index (κ2) is 22.1. The van der Waals surface area contributed by atoms with Gasteiger partial charge in [-0.05, 0) is 27.2 Å². The van der Waals surface area contributed by atoms with Gasteiger partial charge in [-0.15, -0.1) is 0 Å². The Morgan fingerprint density at radius 1 is 0.676 bits per heavy atom. The molecule has 0 fully saturated rings. The summed E-state index contributed by atoms with van der Waals surface area (Å²) in [5.41, 5.74) is -0.504. The van der Waals surface area contributed by atoms with Gasteiger partial charge >= 0.3 is 12.1 Å². The largest absolute Gasteiger partial charge is 0.463 e. The predicted molar refractivity (Wildman–Crippen MR) is 131 cm³/mol. The van der Waals surface area contributed by atoms with Crippen LogP contribution in [0.1, 0.15) is 72.6 Å². The highest BCUT2D eigenvalue weighted by molar-refractivity contribution is 5.69. The molecular weight excluding hydrogens is 442 g/mol. The van der Waals surface area contributed by atoms with E-state index in [1.807, 2.05) is 20.8 Å². The van der Waals surface area contributed by atoms with E-state index in [0.717, 1.165) is 12.8 Å². The maximum atomic E-state index is 11.8. The standard InChI is InChI=1S/C25H49NO8/c1-6-7-8-9-10-11-12-23(27)33-22-21-32-20-19-31-18-17-30-16-15-29-14-13-26(5)24(28)34-25(2,3)4/h6-22H2,1-5H3. The molecule has 1 amide bonds. The summed E-state index contributed by atoms with van der Waals surface area (Å²) in [6.07, 6.45) is 7.06. The smallest absolute Gasteiger partial charge is 0.410 e. The van der Waals surface area contributed by atoms with Crippen molar-refractivity contribution in [2.75, 3.05) is 73.1 Å². The van der Waals surface area contributed by atoms with Crippen molar-refractivity contribution in [3.63, 3.8) is 0 Å². The number of hydrogen-bond donors (Lipinski definition) is 0. The van der Waals surface area contributed by atoms with Gasteiger partial charge in [0.2, 0.25) is 0 Å². The van der Waals surface area contributed by atoms with Crippen LogP contribution < -0.4 is 0 Å².